The summed E-state index contributed by atoms with van der Waals surface area (Å²) >= 11 is 0. The van der Waals surface area contributed by atoms with Crippen molar-refractivity contribution < 1.29 is 17.9 Å². The fourth-order valence-corrected chi connectivity index (χ4v) is 5.02. The van der Waals surface area contributed by atoms with Crippen molar-refractivity contribution in [1.29, 1.82) is 0 Å². The molecule has 1 amide bonds. The van der Waals surface area contributed by atoms with Crippen LogP contribution in [0.5, 0.6) is 5.75 Å². The van der Waals surface area contributed by atoms with E-state index >= 15 is 0 Å². The van der Waals surface area contributed by atoms with E-state index in [1.165, 1.54) is 0 Å². The molecule has 3 rings (SSSR count). The van der Waals surface area contributed by atoms with Gasteiger partial charge in [0.05, 0.1) is 18.9 Å². The molecule has 8 heteroatoms. The third-order valence-corrected chi connectivity index (χ3v) is 7.22. The number of piperazine rings is 1. The van der Waals surface area contributed by atoms with Gasteiger partial charge in [-0.3, -0.25) is 4.79 Å². The lowest BCUT2D eigenvalue weighted by molar-refractivity contribution is 0.0939. The summed E-state index contributed by atoms with van der Waals surface area (Å²) in [6.07, 6.45) is 0. The predicted octanol–water partition coefficient (Wildman–Crippen LogP) is 2.26. The van der Waals surface area contributed by atoms with Crippen LogP contribution in [-0.2, 0) is 15.8 Å². The normalized spacial score (nSPS) is 16.8. The minimum absolute atomic E-state index is 0.0593. The molecular weight excluding hydrogens is 402 g/mol. The predicted molar refractivity (Wildman–Crippen MR) is 117 cm³/mol. The van der Waals surface area contributed by atoms with Crippen LogP contribution in [0.2, 0.25) is 0 Å². The Morgan fingerprint density at radius 1 is 1.07 bits per heavy atom. The van der Waals surface area contributed by atoms with Gasteiger partial charge in [0.2, 0.25) is 10.0 Å². The number of amides is 1. The molecule has 1 aliphatic heterocycles. The van der Waals surface area contributed by atoms with Crippen LogP contribution in [-0.4, -0.2) is 63.9 Å². The number of likely N-dealkylation sites (N-methyl/N-ethyl adjacent to an activating group) is 1. The second kappa shape index (κ2) is 9.59. The number of carbonyl (C=O) groups is 1. The lowest BCUT2D eigenvalue weighted by atomic mass is 10.1. The molecular formula is C22H29N3O4S. The summed E-state index contributed by atoms with van der Waals surface area (Å²) in [7, 11) is 0.225. The third kappa shape index (κ3) is 5.38. The standard InChI is InChI=1S/C22H29N3O4S/c1-17(20-6-4-5-7-21(20)29-3)23-22(26)19-10-8-18(9-11-19)16-30(27,28)25-14-12-24(2)13-15-25/h4-11,17H,12-16H2,1-3H3,(H,23,26)/t17-/m1/s1. The lowest BCUT2D eigenvalue weighted by Gasteiger charge is -2.31. The number of sulfonamides is 1. The van der Waals surface area contributed by atoms with Gasteiger partial charge in [0.25, 0.3) is 5.91 Å². The maximum absolute atomic E-state index is 12.7. The highest BCUT2D eigenvalue weighted by atomic mass is 32.2. The number of nitrogens with one attached hydrogen (secondary N) is 1. The zero-order valence-corrected chi connectivity index (χ0v) is 18.5. The highest BCUT2D eigenvalue weighted by Gasteiger charge is 2.26. The molecule has 30 heavy (non-hydrogen) atoms. The van der Waals surface area contributed by atoms with Crippen molar-refractivity contribution in [3.63, 3.8) is 0 Å². The molecule has 1 heterocycles. The van der Waals surface area contributed by atoms with Crippen molar-refractivity contribution in [1.82, 2.24) is 14.5 Å². The van der Waals surface area contributed by atoms with Crippen molar-refractivity contribution in [2.24, 2.45) is 0 Å². The number of rotatable bonds is 7. The maximum atomic E-state index is 12.7. The van der Waals surface area contributed by atoms with Crippen LogP contribution in [0.4, 0.5) is 0 Å². The van der Waals surface area contributed by atoms with Gasteiger partial charge in [-0.25, -0.2) is 8.42 Å². The van der Waals surface area contributed by atoms with E-state index in [1.807, 2.05) is 38.2 Å². The Morgan fingerprint density at radius 3 is 2.33 bits per heavy atom. The van der Waals surface area contributed by atoms with Crippen LogP contribution in [0.25, 0.3) is 0 Å². The largest absolute Gasteiger partial charge is 0.496 e. The van der Waals surface area contributed by atoms with Gasteiger partial charge >= 0.3 is 0 Å². The van der Waals surface area contributed by atoms with Gasteiger partial charge in [-0.2, -0.15) is 4.31 Å². The van der Waals surface area contributed by atoms with E-state index in [0.717, 1.165) is 24.4 Å². The molecule has 0 unspecified atom stereocenters. The van der Waals surface area contributed by atoms with Crippen LogP contribution in [0.15, 0.2) is 48.5 Å². The Morgan fingerprint density at radius 2 is 1.70 bits per heavy atom. The SMILES string of the molecule is COc1ccccc1[C@@H](C)NC(=O)c1ccc(CS(=O)(=O)N2CCN(C)CC2)cc1. The zero-order chi connectivity index (χ0) is 21.7. The molecule has 1 saturated heterocycles. The highest BCUT2D eigenvalue weighted by Crippen LogP contribution is 2.24. The molecule has 0 radical (unpaired) electrons. The molecule has 2 aromatic carbocycles. The molecule has 7 nitrogen and oxygen atoms in total. The second-order valence-electron chi connectivity index (χ2n) is 7.59. The van der Waals surface area contributed by atoms with Crippen LogP contribution < -0.4 is 10.1 Å². The number of benzene rings is 2. The average Bonchev–Trinajstić information content (AvgIpc) is 2.74. The fraction of sp³-hybridized carbons (Fsp3) is 0.409. The zero-order valence-electron chi connectivity index (χ0n) is 17.7. The van der Waals surface area contributed by atoms with Crippen molar-refractivity contribution in [3.8, 4) is 5.75 Å². The minimum Gasteiger partial charge on any atom is -0.496 e. The summed E-state index contributed by atoms with van der Waals surface area (Å²) in [5.74, 6) is 0.438. The third-order valence-electron chi connectivity index (χ3n) is 5.37. The van der Waals surface area contributed by atoms with Gasteiger partial charge in [0.15, 0.2) is 0 Å². The Hall–Kier alpha value is -2.42. The number of hydrogen-bond acceptors (Lipinski definition) is 5. The summed E-state index contributed by atoms with van der Waals surface area (Å²) in [5.41, 5.74) is 2.05. The molecule has 0 aromatic heterocycles. The van der Waals surface area contributed by atoms with E-state index in [1.54, 1.807) is 35.7 Å². The number of hydrogen-bond donors (Lipinski definition) is 1. The molecule has 0 aliphatic carbocycles. The summed E-state index contributed by atoms with van der Waals surface area (Å²) in [6, 6.07) is 14.1. The van der Waals surface area contributed by atoms with Crippen molar-refractivity contribution in [2.45, 2.75) is 18.7 Å². The monoisotopic (exact) mass is 431 g/mol. The van der Waals surface area contributed by atoms with Gasteiger partial charge < -0.3 is 15.0 Å². The first-order valence-electron chi connectivity index (χ1n) is 9.99. The summed E-state index contributed by atoms with van der Waals surface area (Å²) in [5, 5.41) is 2.96. The van der Waals surface area contributed by atoms with Gasteiger partial charge in [-0.1, -0.05) is 30.3 Å². The first-order valence-corrected chi connectivity index (χ1v) is 11.6. The summed E-state index contributed by atoms with van der Waals surface area (Å²) in [6.45, 7) is 4.40. The quantitative estimate of drug-likeness (QED) is 0.728. The van der Waals surface area contributed by atoms with Crippen LogP contribution in [0, 0.1) is 0 Å². The van der Waals surface area contributed by atoms with Crippen LogP contribution in [0.3, 0.4) is 0 Å². The van der Waals surface area contributed by atoms with Gasteiger partial charge in [0.1, 0.15) is 5.75 Å². The minimum atomic E-state index is -3.36. The fourth-order valence-electron chi connectivity index (χ4n) is 3.50. The summed E-state index contributed by atoms with van der Waals surface area (Å²) in [4.78, 5) is 14.7. The molecule has 1 aliphatic rings. The highest BCUT2D eigenvalue weighted by molar-refractivity contribution is 7.88. The number of carbonyl (C=O) groups excluding carboxylic acids is 1. The number of methoxy groups -OCH3 is 1. The van der Waals surface area contributed by atoms with Crippen LogP contribution >= 0.6 is 0 Å². The van der Waals surface area contributed by atoms with Gasteiger partial charge in [0, 0.05) is 37.3 Å². The second-order valence-corrected chi connectivity index (χ2v) is 9.56. The van der Waals surface area contributed by atoms with E-state index in [0.29, 0.717) is 24.2 Å². The Labute approximate surface area is 178 Å². The molecule has 1 N–H and O–H groups in total. The lowest BCUT2D eigenvalue weighted by Crippen LogP contribution is -2.47. The van der Waals surface area contributed by atoms with Gasteiger partial charge in [-0.05, 0) is 37.7 Å². The number of ether oxygens (including phenoxy) is 1. The number of para-hydroxylation sites is 1. The van der Waals surface area contributed by atoms with E-state index < -0.39 is 10.0 Å². The molecule has 0 saturated carbocycles. The Kier molecular flexibility index (Phi) is 7.12. The Bertz CT molecular complexity index is 968. The van der Waals surface area contributed by atoms with E-state index in [2.05, 4.69) is 10.2 Å². The number of nitrogens with zero attached hydrogens (tertiary/aromatic N) is 2. The first-order chi connectivity index (χ1) is 14.3. The van der Waals surface area contributed by atoms with E-state index in [9.17, 15) is 13.2 Å². The topological polar surface area (TPSA) is 78.9 Å². The molecule has 1 atom stereocenters. The van der Waals surface area contributed by atoms with Crippen molar-refractivity contribution in [2.75, 3.05) is 40.3 Å². The smallest absolute Gasteiger partial charge is 0.251 e. The van der Waals surface area contributed by atoms with E-state index in [-0.39, 0.29) is 17.7 Å². The van der Waals surface area contributed by atoms with Crippen LogP contribution in [0.1, 0.15) is 34.5 Å². The average molecular weight is 432 g/mol. The molecule has 0 spiro atoms. The summed E-state index contributed by atoms with van der Waals surface area (Å²) < 4.78 is 32.2. The van der Waals surface area contributed by atoms with Crippen molar-refractivity contribution in [3.05, 3.63) is 65.2 Å². The molecule has 1 fully saturated rings. The maximum Gasteiger partial charge on any atom is 0.251 e. The van der Waals surface area contributed by atoms with Gasteiger partial charge in [-0.15, -0.1) is 0 Å². The first kappa shape index (κ1) is 22.3. The molecule has 162 valence electrons. The molecule has 2 aromatic rings. The molecule has 0 bridgehead atoms. The van der Waals surface area contributed by atoms with Crippen molar-refractivity contribution >= 4 is 15.9 Å². The van der Waals surface area contributed by atoms with E-state index in [4.69, 9.17) is 4.74 Å². The Balaban J connectivity index is 1.63.